The van der Waals surface area contributed by atoms with Gasteiger partial charge in [0.1, 0.15) is 22.6 Å². The second kappa shape index (κ2) is 12.9. The van der Waals surface area contributed by atoms with Crippen LogP contribution in [0, 0.1) is 0 Å². The van der Waals surface area contributed by atoms with Gasteiger partial charge in [-0.1, -0.05) is 18.7 Å². The quantitative estimate of drug-likeness (QED) is 0.350. The Kier molecular flexibility index (Phi) is 9.72. The molecule has 0 spiro atoms. The van der Waals surface area contributed by atoms with Crippen LogP contribution in [0.1, 0.15) is 24.8 Å². The fourth-order valence-corrected chi connectivity index (χ4v) is 4.04. The first-order chi connectivity index (χ1) is 17.6. The highest BCUT2D eigenvalue weighted by atomic mass is 32.1. The third-order valence-electron chi connectivity index (χ3n) is 5.17. The maximum absolute atomic E-state index is 12.8. The lowest BCUT2D eigenvalue weighted by atomic mass is 10.1. The number of carbonyl (C=O) groups excluding carboxylic acids is 2. The molecule has 37 heavy (non-hydrogen) atoms. The molecule has 1 aliphatic rings. The van der Waals surface area contributed by atoms with Crippen molar-refractivity contribution in [2.75, 3.05) is 13.1 Å². The number of aromatic nitrogens is 1. The van der Waals surface area contributed by atoms with Gasteiger partial charge in [-0.25, -0.2) is 9.78 Å². The van der Waals surface area contributed by atoms with E-state index in [9.17, 15) is 22.8 Å². The summed E-state index contributed by atoms with van der Waals surface area (Å²) in [5.41, 5.74) is 0.579. The van der Waals surface area contributed by atoms with Crippen molar-refractivity contribution in [1.82, 2.24) is 20.5 Å². The molecule has 8 nitrogen and oxygen atoms in total. The SMILES string of the molecule is C=C(/C=C(\C=C/C)NC(=O)N1CCC(Oc2cccc(OC(F)(F)F)c2)CC1)C(=O)NCc1nccs1. The second-order valence-electron chi connectivity index (χ2n) is 7.99. The molecular formula is C25H27F3N4O4S. The van der Waals surface area contributed by atoms with Crippen LogP contribution in [0.2, 0.25) is 0 Å². The van der Waals surface area contributed by atoms with Crippen molar-refractivity contribution in [2.24, 2.45) is 0 Å². The Balaban J connectivity index is 1.50. The maximum atomic E-state index is 12.8. The zero-order valence-electron chi connectivity index (χ0n) is 20.1. The Bertz CT molecular complexity index is 1140. The van der Waals surface area contributed by atoms with Crippen molar-refractivity contribution in [1.29, 1.82) is 0 Å². The summed E-state index contributed by atoms with van der Waals surface area (Å²) in [6.07, 6.45) is 2.46. The number of amides is 3. The highest BCUT2D eigenvalue weighted by Gasteiger charge is 2.31. The lowest BCUT2D eigenvalue weighted by Crippen LogP contribution is -2.46. The number of rotatable bonds is 9. The van der Waals surface area contributed by atoms with Gasteiger partial charge in [-0.05, 0) is 31.2 Å². The van der Waals surface area contributed by atoms with Crippen molar-refractivity contribution in [3.8, 4) is 11.5 Å². The zero-order chi connectivity index (χ0) is 26.8. The number of piperidine rings is 1. The molecule has 2 heterocycles. The van der Waals surface area contributed by atoms with E-state index >= 15 is 0 Å². The van der Waals surface area contributed by atoms with E-state index < -0.39 is 6.36 Å². The lowest BCUT2D eigenvalue weighted by molar-refractivity contribution is -0.274. The minimum absolute atomic E-state index is 0.175. The number of carbonyl (C=O) groups is 2. The number of alkyl halides is 3. The monoisotopic (exact) mass is 536 g/mol. The molecule has 1 aliphatic heterocycles. The van der Waals surface area contributed by atoms with Gasteiger partial charge >= 0.3 is 12.4 Å². The highest BCUT2D eigenvalue weighted by molar-refractivity contribution is 7.09. The summed E-state index contributed by atoms with van der Waals surface area (Å²) in [6.45, 7) is 6.61. The molecule has 12 heteroatoms. The van der Waals surface area contributed by atoms with Crippen LogP contribution >= 0.6 is 11.3 Å². The summed E-state index contributed by atoms with van der Waals surface area (Å²) in [5, 5.41) is 8.09. The van der Waals surface area contributed by atoms with E-state index in [-0.39, 0.29) is 41.7 Å². The van der Waals surface area contributed by atoms with Crippen molar-refractivity contribution >= 4 is 23.3 Å². The van der Waals surface area contributed by atoms with E-state index in [1.165, 1.54) is 35.6 Å². The number of urea groups is 1. The summed E-state index contributed by atoms with van der Waals surface area (Å²) in [7, 11) is 0. The molecule has 0 saturated carbocycles. The predicted octanol–water partition coefficient (Wildman–Crippen LogP) is 4.93. The number of nitrogens with zero attached hydrogens (tertiary/aromatic N) is 2. The van der Waals surface area contributed by atoms with E-state index in [0.717, 1.165) is 5.01 Å². The molecule has 2 N–H and O–H groups in total. The van der Waals surface area contributed by atoms with E-state index in [1.54, 1.807) is 36.2 Å². The van der Waals surface area contributed by atoms with E-state index in [0.29, 0.717) is 31.6 Å². The Morgan fingerprint density at radius 3 is 2.65 bits per heavy atom. The predicted molar refractivity (Wildman–Crippen MR) is 133 cm³/mol. The fraction of sp³-hybridized carbons (Fsp3) is 0.320. The van der Waals surface area contributed by atoms with Gasteiger partial charge in [0.25, 0.3) is 5.91 Å². The molecule has 0 radical (unpaired) electrons. The third-order valence-corrected chi connectivity index (χ3v) is 5.95. The molecule has 0 bridgehead atoms. The smallest absolute Gasteiger partial charge is 0.490 e. The standard InChI is InChI=1S/C25H27F3N4O4S/c1-3-5-18(14-17(2)23(33)30-16-22-29-10-13-37-22)31-24(34)32-11-8-19(9-12-32)35-20-6-4-7-21(15-20)36-25(26,27)28/h3-7,10,13-15,19H,2,8-9,11-12,16H2,1H3,(H,30,33)(H,31,34)/b5-3-,18-14+. The summed E-state index contributed by atoms with van der Waals surface area (Å²) in [5.74, 6) is -0.479. The van der Waals surface area contributed by atoms with Gasteiger partial charge in [0, 0.05) is 54.8 Å². The van der Waals surface area contributed by atoms with Crippen LogP contribution < -0.4 is 20.1 Å². The second-order valence-corrected chi connectivity index (χ2v) is 8.97. The molecule has 1 saturated heterocycles. The third kappa shape index (κ3) is 9.30. The van der Waals surface area contributed by atoms with Crippen molar-refractivity contribution in [2.45, 2.75) is 38.8 Å². The molecule has 1 aromatic carbocycles. The van der Waals surface area contributed by atoms with Gasteiger partial charge in [-0.15, -0.1) is 24.5 Å². The van der Waals surface area contributed by atoms with Crippen molar-refractivity contribution in [3.63, 3.8) is 0 Å². The Hall–Kier alpha value is -3.80. The summed E-state index contributed by atoms with van der Waals surface area (Å²) < 4.78 is 47.1. The van der Waals surface area contributed by atoms with Crippen LogP contribution in [0.5, 0.6) is 11.5 Å². The van der Waals surface area contributed by atoms with E-state index in [1.807, 2.05) is 5.38 Å². The van der Waals surface area contributed by atoms with Crippen LogP contribution in [0.4, 0.5) is 18.0 Å². The number of ether oxygens (including phenoxy) is 2. The van der Waals surface area contributed by atoms with Crippen LogP contribution in [-0.4, -0.2) is 47.4 Å². The topological polar surface area (TPSA) is 92.8 Å². The molecule has 3 amide bonds. The Labute approximate surface area is 216 Å². The van der Waals surface area contributed by atoms with Gasteiger partial charge in [0.2, 0.25) is 0 Å². The molecule has 3 rings (SSSR count). The number of nitrogens with one attached hydrogen (secondary N) is 2. The summed E-state index contributed by atoms with van der Waals surface area (Å²) in [4.78, 5) is 30.8. The minimum Gasteiger partial charge on any atom is -0.490 e. The van der Waals surface area contributed by atoms with Crippen molar-refractivity contribution < 1.29 is 32.2 Å². The van der Waals surface area contributed by atoms with Crippen LogP contribution in [0.25, 0.3) is 0 Å². The highest BCUT2D eigenvalue weighted by Crippen LogP contribution is 2.27. The lowest BCUT2D eigenvalue weighted by Gasteiger charge is -2.32. The molecule has 0 atom stereocenters. The number of likely N-dealkylation sites (tertiary alicyclic amines) is 1. The van der Waals surface area contributed by atoms with Gasteiger partial charge in [-0.2, -0.15) is 0 Å². The zero-order valence-corrected chi connectivity index (χ0v) is 20.9. The molecule has 0 unspecified atom stereocenters. The average Bonchev–Trinajstić information content (AvgIpc) is 3.36. The molecule has 0 aliphatic carbocycles. The van der Waals surface area contributed by atoms with Gasteiger partial charge < -0.3 is 25.0 Å². The number of thiazole rings is 1. The summed E-state index contributed by atoms with van der Waals surface area (Å²) in [6, 6.07) is 5.00. The number of hydrogen-bond donors (Lipinski definition) is 2. The van der Waals surface area contributed by atoms with E-state index in [2.05, 4.69) is 26.9 Å². The first-order valence-corrected chi connectivity index (χ1v) is 12.3. The Morgan fingerprint density at radius 1 is 1.27 bits per heavy atom. The van der Waals surface area contributed by atoms with Gasteiger partial charge in [0.15, 0.2) is 0 Å². The number of hydrogen-bond acceptors (Lipinski definition) is 6. The fourth-order valence-electron chi connectivity index (χ4n) is 3.48. The maximum Gasteiger partial charge on any atom is 0.573 e. The normalized spacial score (nSPS) is 14.9. The molecule has 1 aromatic heterocycles. The number of halogens is 3. The first kappa shape index (κ1) is 27.8. The number of benzene rings is 1. The molecular weight excluding hydrogens is 509 g/mol. The molecule has 198 valence electrons. The van der Waals surface area contributed by atoms with Crippen LogP contribution in [-0.2, 0) is 11.3 Å². The summed E-state index contributed by atoms with van der Waals surface area (Å²) >= 11 is 1.43. The molecule has 2 aromatic rings. The van der Waals surface area contributed by atoms with E-state index in [4.69, 9.17) is 4.74 Å². The van der Waals surface area contributed by atoms with Crippen LogP contribution in [0.15, 0.2) is 71.9 Å². The van der Waals surface area contributed by atoms with Crippen molar-refractivity contribution in [3.05, 3.63) is 76.9 Å². The number of allylic oxidation sites excluding steroid dienone is 2. The first-order valence-electron chi connectivity index (χ1n) is 11.4. The Morgan fingerprint density at radius 2 is 2.00 bits per heavy atom. The van der Waals surface area contributed by atoms with Crippen LogP contribution in [0.3, 0.4) is 0 Å². The largest absolute Gasteiger partial charge is 0.573 e. The average molecular weight is 537 g/mol. The van der Waals surface area contributed by atoms with Gasteiger partial charge in [0.05, 0.1) is 6.54 Å². The minimum atomic E-state index is -4.78. The molecule has 1 fully saturated rings. The van der Waals surface area contributed by atoms with Gasteiger partial charge in [-0.3, -0.25) is 4.79 Å².